The third-order valence-electron chi connectivity index (χ3n) is 2.82. The first kappa shape index (κ1) is 16.5. The Bertz CT molecular complexity index is 540. The number of carboxylic acid groups (broad SMARTS) is 1. The molecule has 0 unspecified atom stereocenters. The first-order valence-corrected chi connectivity index (χ1v) is 7.95. The Morgan fingerprint density at radius 2 is 1.85 bits per heavy atom. The number of anilines is 1. The monoisotopic (exact) mass is 300 g/mol. The van der Waals surface area contributed by atoms with Gasteiger partial charge in [-0.3, -0.25) is 4.79 Å². The van der Waals surface area contributed by atoms with Crippen molar-refractivity contribution >= 4 is 21.7 Å². The Morgan fingerprint density at radius 1 is 1.25 bits per heavy atom. The molecule has 0 radical (unpaired) electrons. The van der Waals surface area contributed by atoms with Gasteiger partial charge in [0.2, 0.25) is 10.0 Å². The Labute approximate surface area is 119 Å². The Morgan fingerprint density at radius 3 is 2.30 bits per heavy atom. The van der Waals surface area contributed by atoms with Gasteiger partial charge in [-0.1, -0.05) is 6.92 Å². The normalized spacial score (nSPS) is 11.3. The standard InChI is InChI=1S/C13H20N2O4S/c1-3-14-20(18,19)12-7-5-11(6-8-12)15(4-2)10-9-13(16)17/h5-8,14H,3-4,9-10H2,1-2H3,(H,16,17). The Hall–Kier alpha value is -1.60. The van der Waals surface area contributed by atoms with E-state index in [1.165, 1.54) is 12.1 Å². The number of carboxylic acids is 1. The minimum Gasteiger partial charge on any atom is -0.481 e. The van der Waals surface area contributed by atoms with Crippen molar-refractivity contribution < 1.29 is 18.3 Å². The van der Waals surface area contributed by atoms with Crippen molar-refractivity contribution in [2.45, 2.75) is 25.2 Å². The van der Waals surface area contributed by atoms with Crippen molar-refractivity contribution in [3.8, 4) is 0 Å². The molecule has 0 spiro atoms. The molecular weight excluding hydrogens is 280 g/mol. The number of benzene rings is 1. The van der Waals surface area contributed by atoms with E-state index in [1.807, 2.05) is 11.8 Å². The lowest BCUT2D eigenvalue weighted by Crippen LogP contribution is -2.26. The maximum atomic E-state index is 11.8. The van der Waals surface area contributed by atoms with Gasteiger partial charge in [-0.25, -0.2) is 13.1 Å². The molecule has 0 saturated carbocycles. The molecule has 0 saturated heterocycles. The highest BCUT2D eigenvalue weighted by Gasteiger charge is 2.13. The van der Waals surface area contributed by atoms with Crippen LogP contribution in [0.25, 0.3) is 0 Å². The van der Waals surface area contributed by atoms with Crippen LogP contribution >= 0.6 is 0 Å². The molecule has 0 aromatic heterocycles. The number of hydrogen-bond donors (Lipinski definition) is 2. The summed E-state index contributed by atoms with van der Waals surface area (Å²) in [6.45, 7) is 5.03. The van der Waals surface area contributed by atoms with Crippen LogP contribution in [0.15, 0.2) is 29.2 Å². The van der Waals surface area contributed by atoms with Crippen LogP contribution in [0.2, 0.25) is 0 Å². The third kappa shape index (κ3) is 4.50. The van der Waals surface area contributed by atoms with Gasteiger partial charge < -0.3 is 10.0 Å². The molecule has 0 bridgehead atoms. The van der Waals surface area contributed by atoms with Crippen LogP contribution in [0.4, 0.5) is 5.69 Å². The number of aliphatic carboxylic acids is 1. The van der Waals surface area contributed by atoms with Gasteiger partial charge in [0.05, 0.1) is 11.3 Å². The van der Waals surface area contributed by atoms with Gasteiger partial charge in [0, 0.05) is 25.3 Å². The van der Waals surface area contributed by atoms with Crippen LogP contribution in [0.1, 0.15) is 20.3 Å². The summed E-state index contributed by atoms with van der Waals surface area (Å²) in [5.74, 6) is -0.852. The van der Waals surface area contributed by atoms with Crippen molar-refractivity contribution in [3.63, 3.8) is 0 Å². The van der Waals surface area contributed by atoms with Crippen LogP contribution in [-0.2, 0) is 14.8 Å². The lowest BCUT2D eigenvalue weighted by Gasteiger charge is -2.22. The quantitative estimate of drug-likeness (QED) is 0.755. The lowest BCUT2D eigenvalue weighted by atomic mass is 10.2. The topological polar surface area (TPSA) is 86.7 Å². The summed E-state index contributed by atoms with van der Waals surface area (Å²) in [4.78, 5) is 12.7. The average molecular weight is 300 g/mol. The van der Waals surface area contributed by atoms with E-state index in [9.17, 15) is 13.2 Å². The summed E-state index contributed by atoms with van der Waals surface area (Å²) in [5, 5.41) is 8.70. The molecule has 1 rings (SSSR count). The number of rotatable bonds is 8. The molecule has 0 aliphatic carbocycles. The summed E-state index contributed by atoms with van der Waals surface area (Å²) in [6.07, 6.45) is 0.0469. The zero-order valence-electron chi connectivity index (χ0n) is 11.7. The van der Waals surface area contributed by atoms with Gasteiger partial charge >= 0.3 is 5.97 Å². The van der Waals surface area contributed by atoms with E-state index in [-0.39, 0.29) is 11.3 Å². The number of carbonyl (C=O) groups is 1. The van der Waals surface area contributed by atoms with E-state index in [0.717, 1.165) is 5.69 Å². The van der Waals surface area contributed by atoms with Crippen molar-refractivity contribution in [3.05, 3.63) is 24.3 Å². The highest BCUT2D eigenvalue weighted by Crippen LogP contribution is 2.18. The summed E-state index contributed by atoms with van der Waals surface area (Å²) >= 11 is 0. The molecule has 2 N–H and O–H groups in total. The molecule has 0 fully saturated rings. The average Bonchev–Trinajstić information content (AvgIpc) is 2.39. The van der Waals surface area contributed by atoms with Crippen molar-refractivity contribution in [2.75, 3.05) is 24.5 Å². The van der Waals surface area contributed by atoms with Crippen LogP contribution in [0.5, 0.6) is 0 Å². The smallest absolute Gasteiger partial charge is 0.305 e. The summed E-state index contributed by atoms with van der Waals surface area (Å²) < 4.78 is 26.0. The molecule has 0 heterocycles. The number of sulfonamides is 1. The first-order valence-electron chi connectivity index (χ1n) is 6.47. The van der Waals surface area contributed by atoms with E-state index in [2.05, 4.69) is 4.72 Å². The predicted octanol–water partition coefficient (Wildman–Crippen LogP) is 1.29. The SMILES string of the molecule is CCNS(=O)(=O)c1ccc(N(CC)CCC(=O)O)cc1. The van der Waals surface area contributed by atoms with Gasteiger partial charge in [-0.2, -0.15) is 0 Å². The van der Waals surface area contributed by atoms with Gasteiger partial charge in [0.15, 0.2) is 0 Å². The van der Waals surface area contributed by atoms with Gasteiger partial charge in [-0.05, 0) is 31.2 Å². The molecule has 112 valence electrons. The van der Waals surface area contributed by atoms with Crippen molar-refractivity contribution in [1.82, 2.24) is 4.72 Å². The zero-order chi connectivity index (χ0) is 15.2. The minimum atomic E-state index is -3.45. The van der Waals surface area contributed by atoms with Gasteiger partial charge in [0.25, 0.3) is 0 Å². The summed E-state index contributed by atoms with van der Waals surface area (Å²) in [5.41, 5.74) is 0.809. The Kier molecular flexibility index (Phi) is 5.97. The van der Waals surface area contributed by atoms with E-state index >= 15 is 0 Å². The van der Waals surface area contributed by atoms with Crippen LogP contribution in [-0.4, -0.2) is 39.1 Å². The molecule has 0 atom stereocenters. The maximum absolute atomic E-state index is 11.8. The molecule has 6 nitrogen and oxygen atoms in total. The molecule has 20 heavy (non-hydrogen) atoms. The Balaban J connectivity index is 2.86. The van der Waals surface area contributed by atoms with E-state index in [1.54, 1.807) is 19.1 Å². The van der Waals surface area contributed by atoms with E-state index in [0.29, 0.717) is 19.6 Å². The summed E-state index contributed by atoms with van der Waals surface area (Å²) in [6, 6.07) is 6.43. The second kappa shape index (κ2) is 7.25. The third-order valence-corrected chi connectivity index (χ3v) is 4.39. The highest BCUT2D eigenvalue weighted by molar-refractivity contribution is 7.89. The van der Waals surface area contributed by atoms with Crippen molar-refractivity contribution in [2.24, 2.45) is 0 Å². The molecule has 1 aromatic rings. The molecule has 1 aromatic carbocycles. The maximum Gasteiger partial charge on any atom is 0.305 e. The number of nitrogens with zero attached hydrogens (tertiary/aromatic N) is 1. The van der Waals surface area contributed by atoms with Gasteiger partial charge in [-0.15, -0.1) is 0 Å². The molecule has 0 amide bonds. The number of hydrogen-bond acceptors (Lipinski definition) is 4. The van der Waals surface area contributed by atoms with Gasteiger partial charge in [0.1, 0.15) is 0 Å². The van der Waals surface area contributed by atoms with Crippen LogP contribution < -0.4 is 9.62 Å². The highest BCUT2D eigenvalue weighted by atomic mass is 32.2. The largest absolute Gasteiger partial charge is 0.481 e. The lowest BCUT2D eigenvalue weighted by molar-refractivity contribution is -0.136. The molecular formula is C13H20N2O4S. The molecule has 0 aliphatic heterocycles. The fourth-order valence-corrected chi connectivity index (χ4v) is 2.85. The van der Waals surface area contributed by atoms with Crippen LogP contribution in [0.3, 0.4) is 0 Å². The molecule has 7 heteroatoms. The number of nitrogens with one attached hydrogen (secondary N) is 1. The molecule has 0 aliphatic rings. The van der Waals surface area contributed by atoms with Crippen LogP contribution in [0, 0.1) is 0 Å². The minimum absolute atomic E-state index is 0.0469. The predicted molar refractivity (Wildman–Crippen MR) is 77.4 cm³/mol. The van der Waals surface area contributed by atoms with E-state index < -0.39 is 16.0 Å². The zero-order valence-corrected chi connectivity index (χ0v) is 12.5. The first-order chi connectivity index (χ1) is 9.40. The van der Waals surface area contributed by atoms with E-state index in [4.69, 9.17) is 5.11 Å². The second-order valence-corrected chi connectivity index (χ2v) is 5.99. The fourth-order valence-electron chi connectivity index (χ4n) is 1.81. The summed E-state index contributed by atoms with van der Waals surface area (Å²) in [7, 11) is -3.45. The fraction of sp³-hybridized carbons (Fsp3) is 0.462. The second-order valence-electron chi connectivity index (χ2n) is 4.22. The van der Waals surface area contributed by atoms with Crippen molar-refractivity contribution in [1.29, 1.82) is 0 Å².